The lowest BCUT2D eigenvalue weighted by atomic mass is 10.0. The highest BCUT2D eigenvalue weighted by atomic mass is 31.2. The summed E-state index contributed by atoms with van der Waals surface area (Å²) in [6.45, 7) is 7.00. The molecule has 0 aromatic rings. The molecule has 0 bridgehead atoms. The summed E-state index contributed by atoms with van der Waals surface area (Å²) < 4.78 is 30.7. The van der Waals surface area contributed by atoms with Crippen LogP contribution in [0.5, 0.6) is 0 Å². The molecular formula is C68H130N2O7P+. The fraction of sp³-hybridized carbons (Fsp3) is 0.853. The number of likely N-dealkylation sites (N-methyl/N-ethyl adjacent to an activating group) is 1. The molecule has 78 heavy (non-hydrogen) atoms. The molecule has 0 saturated carbocycles. The zero-order chi connectivity index (χ0) is 57.2. The van der Waals surface area contributed by atoms with E-state index in [1.54, 1.807) is 0 Å². The zero-order valence-electron chi connectivity index (χ0n) is 52.4. The van der Waals surface area contributed by atoms with Crippen LogP contribution in [0.2, 0.25) is 0 Å². The molecule has 0 spiro atoms. The van der Waals surface area contributed by atoms with Gasteiger partial charge in [-0.3, -0.25) is 18.6 Å². The first kappa shape index (κ1) is 76.0. The molecule has 10 heteroatoms. The van der Waals surface area contributed by atoms with Crippen molar-refractivity contribution in [3.05, 3.63) is 48.6 Å². The number of carbonyl (C=O) groups excluding carboxylic acids is 2. The van der Waals surface area contributed by atoms with Gasteiger partial charge in [0.15, 0.2) is 0 Å². The van der Waals surface area contributed by atoms with E-state index in [1.807, 2.05) is 33.3 Å². The third-order valence-electron chi connectivity index (χ3n) is 15.0. The van der Waals surface area contributed by atoms with Gasteiger partial charge in [0.1, 0.15) is 19.3 Å². The van der Waals surface area contributed by atoms with Gasteiger partial charge in [0.25, 0.3) is 0 Å². The van der Waals surface area contributed by atoms with E-state index in [4.69, 9.17) is 13.8 Å². The van der Waals surface area contributed by atoms with Crippen molar-refractivity contribution in [2.75, 3.05) is 40.9 Å². The summed E-state index contributed by atoms with van der Waals surface area (Å²) in [4.78, 5) is 37.7. The van der Waals surface area contributed by atoms with Crippen LogP contribution in [0.3, 0.4) is 0 Å². The van der Waals surface area contributed by atoms with Crippen LogP contribution in [0.4, 0.5) is 0 Å². The number of nitrogens with one attached hydrogen (secondary N) is 1. The molecule has 2 N–H and O–H groups in total. The van der Waals surface area contributed by atoms with Crippen molar-refractivity contribution < 1.29 is 37.3 Å². The predicted molar refractivity (Wildman–Crippen MR) is 337 cm³/mol. The number of unbranched alkanes of at least 4 members (excludes halogenated alkanes) is 39. The molecule has 0 aromatic heterocycles. The van der Waals surface area contributed by atoms with Crippen molar-refractivity contribution in [3.8, 4) is 0 Å². The molecule has 0 rings (SSSR count). The molecule has 0 fully saturated rings. The minimum absolute atomic E-state index is 0.0394. The van der Waals surface area contributed by atoms with Crippen LogP contribution in [0.1, 0.15) is 323 Å². The van der Waals surface area contributed by atoms with Crippen LogP contribution in [0.15, 0.2) is 48.6 Å². The van der Waals surface area contributed by atoms with Crippen LogP contribution in [-0.4, -0.2) is 74.3 Å². The second-order valence-electron chi connectivity index (χ2n) is 24.0. The standard InChI is InChI=1S/C68H129N2O7P/c1-7-10-13-16-19-22-25-27-29-30-31-32-33-34-35-36-37-38-39-40-41-42-45-48-51-54-57-60-67(71)69-65(64-76-78(73,74)75-63-62-70(4,5)6)66(59-56-53-50-47-44-24-21-18-15-12-9-3)77-68(72)61-58-55-52-49-46-43-28-26-23-20-17-14-11-8-2/h19,22,27,29,43,46,56,59,65-66H,7-18,20-21,23-26,28,30-42,44-45,47-55,57-58,60-64H2,1-6H3,(H-,69,71,73,74)/p+1/b22-19-,29-27-,46-43-,59-56-. The molecule has 1 amide bonds. The van der Waals surface area contributed by atoms with Gasteiger partial charge in [-0.05, 0) is 89.5 Å². The van der Waals surface area contributed by atoms with E-state index in [1.165, 1.54) is 212 Å². The normalized spacial score (nSPS) is 13.9. The van der Waals surface area contributed by atoms with Gasteiger partial charge in [-0.1, -0.05) is 269 Å². The number of ether oxygens (including phenoxy) is 1. The average molecular weight is 1120 g/mol. The number of carbonyl (C=O) groups is 2. The molecule has 0 aliphatic heterocycles. The number of phosphoric ester groups is 1. The Kier molecular flexibility index (Phi) is 56.7. The zero-order valence-corrected chi connectivity index (χ0v) is 53.3. The number of allylic oxidation sites excluding steroid dienone is 7. The number of phosphoric acid groups is 1. The van der Waals surface area contributed by atoms with E-state index >= 15 is 0 Å². The van der Waals surface area contributed by atoms with Crippen LogP contribution < -0.4 is 5.32 Å². The summed E-state index contributed by atoms with van der Waals surface area (Å²) in [6, 6.07) is -0.852. The smallest absolute Gasteiger partial charge is 0.456 e. The number of amides is 1. The third-order valence-corrected chi connectivity index (χ3v) is 16.0. The van der Waals surface area contributed by atoms with Gasteiger partial charge in [0.05, 0.1) is 33.8 Å². The van der Waals surface area contributed by atoms with Crippen molar-refractivity contribution in [2.45, 2.75) is 335 Å². The fourth-order valence-corrected chi connectivity index (χ4v) is 10.5. The van der Waals surface area contributed by atoms with E-state index < -0.39 is 20.0 Å². The monoisotopic (exact) mass is 1120 g/mol. The number of quaternary nitrogens is 1. The van der Waals surface area contributed by atoms with E-state index in [0.717, 1.165) is 77.0 Å². The molecule has 0 saturated heterocycles. The number of nitrogens with zero attached hydrogens (tertiary/aromatic N) is 1. The minimum atomic E-state index is -4.45. The summed E-state index contributed by atoms with van der Waals surface area (Å²) >= 11 is 0. The molecular weight excluding hydrogens is 988 g/mol. The molecule has 3 atom stereocenters. The maximum Gasteiger partial charge on any atom is 0.472 e. The molecule has 0 aliphatic carbocycles. The first-order valence-corrected chi connectivity index (χ1v) is 35.0. The minimum Gasteiger partial charge on any atom is -0.456 e. The van der Waals surface area contributed by atoms with E-state index in [2.05, 4.69) is 62.5 Å². The van der Waals surface area contributed by atoms with Gasteiger partial charge in [-0.25, -0.2) is 4.57 Å². The Morgan fingerprint density at radius 2 is 0.782 bits per heavy atom. The molecule has 0 aliphatic rings. The Hall–Kier alpha value is -2.03. The Morgan fingerprint density at radius 3 is 1.21 bits per heavy atom. The number of hydrogen-bond acceptors (Lipinski definition) is 6. The Bertz CT molecular complexity index is 1470. The molecule has 458 valence electrons. The summed E-state index contributed by atoms with van der Waals surface area (Å²) in [5.41, 5.74) is 0. The van der Waals surface area contributed by atoms with Crippen molar-refractivity contribution in [1.82, 2.24) is 5.32 Å². The lowest BCUT2D eigenvalue weighted by Crippen LogP contribution is -2.47. The van der Waals surface area contributed by atoms with Gasteiger partial charge in [-0.2, -0.15) is 0 Å². The summed E-state index contributed by atoms with van der Waals surface area (Å²) in [6.07, 6.45) is 72.7. The quantitative estimate of drug-likeness (QED) is 0.0205. The second kappa shape index (κ2) is 58.2. The highest BCUT2D eigenvalue weighted by Crippen LogP contribution is 2.43. The van der Waals surface area contributed by atoms with Gasteiger partial charge in [0.2, 0.25) is 5.91 Å². The summed E-state index contributed by atoms with van der Waals surface area (Å²) in [7, 11) is 1.50. The molecule has 9 nitrogen and oxygen atoms in total. The van der Waals surface area contributed by atoms with E-state index in [-0.39, 0.29) is 31.5 Å². The topological polar surface area (TPSA) is 111 Å². The van der Waals surface area contributed by atoms with Crippen LogP contribution in [0.25, 0.3) is 0 Å². The average Bonchev–Trinajstić information content (AvgIpc) is 3.41. The second-order valence-corrected chi connectivity index (χ2v) is 25.4. The SMILES string of the molecule is CCCCC/C=C\C/C=C\CCCCCCCCCCCCCCCCCCCC(=O)NC(COP(=O)(O)OCC[N+](C)(C)C)C(/C=C\CCCCCCCCCCC)OC(=O)CCCCC/C=C\CCCCCCCCC. The van der Waals surface area contributed by atoms with Crippen LogP contribution in [-0.2, 0) is 27.9 Å². The third kappa shape index (κ3) is 58.6. The first-order valence-electron chi connectivity index (χ1n) is 33.5. The van der Waals surface area contributed by atoms with E-state index in [0.29, 0.717) is 17.4 Å². The van der Waals surface area contributed by atoms with Gasteiger partial charge in [0, 0.05) is 12.8 Å². The van der Waals surface area contributed by atoms with Crippen molar-refractivity contribution in [2.24, 2.45) is 0 Å². The molecule has 0 radical (unpaired) electrons. The summed E-state index contributed by atoms with van der Waals surface area (Å²) in [5, 5.41) is 3.06. The first-order chi connectivity index (χ1) is 37.9. The van der Waals surface area contributed by atoms with E-state index in [9.17, 15) is 19.0 Å². The number of hydrogen-bond donors (Lipinski definition) is 2. The highest BCUT2D eigenvalue weighted by molar-refractivity contribution is 7.47. The number of esters is 1. The lowest BCUT2D eigenvalue weighted by molar-refractivity contribution is -0.870. The van der Waals surface area contributed by atoms with Crippen molar-refractivity contribution in [1.29, 1.82) is 0 Å². The predicted octanol–water partition coefficient (Wildman–Crippen LogP) is 20.8. The fourth-order valence-electron chi connectivity index (χ4n) is 9.79. The van der Waals surface area contributed by atoms with Gasteiger partial charge < -0.3 is 19.4 Å². The lowest BCUT2D eigenvalue weighted by Gasteiger charge is -2.27. The van der Waals surface area contributed by atoms with Crippen molar-refractivity contribution in [3.63, 3.8) is 0 Å². The Balaban J connectivity index is 4.97. The number of rotatable bonds is 61. The largest absolute Gasteiger partial charge is 0.472 e. The van der Waals surface area contributed by atoms with Crippen molar-refractivity contribution >= 4 is 19.7 Å². The Morgan fingerprint density at radius 1 is 0.449 bits per heavy atom. The molecule has 0 heterocycles. The molecule has 0 aromatic carbocycles. The maximum atomic E-state index is 13.6. The maximum absolute atomic E-state index is 13.6. The molecule has 3 unspecified atom stereocenters. The Labute approximate surface area is 484 Å². The highest BCUT2D eigenvalue weighted by Gasteiger charge is 2.30. The van der Waals surface area contributed by atoms with Gasteiger partial charge in [-0.15, -0.1) is 0 Å². The summed E-state index contributed by atoms with van der Waals surface area (Å²) in [5.74, 6) is -0.512. The van der Waals surface area contributed by atoms with Crippen LogP contribution >= 0.6 is 7.82 Å². The van der Waals surface area contributed by atoms with Crippen LogP contribution in [0, 0.1) is 0 Å². The van der Waals surface area contributed by atoms with Gasteiger partial charge >= 0.3 is 13.8 Å².